The zero-order chi connectivity index (χ0) is 22.0. The third kappa shape index (κ3) is 4.42. The van der Waals surface area contributed by atoms with E-state index in [1.807, 2.05) is 25.1 Å². The summed E-state index contributed by atoms with van der Waals surface area (Å²) < 4.78 is 10.8. The number of amides is 1. The Morgan fingerprint density at radius 2 is 1.90 bits per heavy atom. The molecule has 0 aliphatic carbocycles. The molecule has 1 amide bonds. The Balaban J connectivity index is 1.62. The van der Waals surface area contributed by atoms with Gasteiger partial charge in [0.15, 0.2) is 11.5 Å². The Bertz CT molecular complexity index is 985. The minimum absolute atomic E-state index is 0.0726. The van der Waals surface area contributed by atoms with Crippen molar-refractivity contribution in [3.63, 3.8) is 0 Å². The van der Waals surface area contributed by atoms with Crippen LogP contribution in [0, 0.1) is 16.0 Å². The first-order valence-corrected chi connectivity index (χ1v) is 10.7. The number of benzene rings is 2. The monoisotopic (exact) mass is 425 g/mol. The molecule has 0 atom stereocenters. The van der Waals surface area contributed by atoms with Crippen LogP contribution < -0.4 is 14.4 Å². The van der Waals surface area contributed by atoms with Crippen LogP contribution in [-0.4, -0.2) is 42.2 Å². The minimum Gasteiger partial charge on any atom is -0.454 e. The summed E-state index contributed by atoms with van der Waals surface area (Å²) in [7, 11) is 0. The highest BCUT2D eigenvalue weighted by atomic mass is 16.7. The van der Waals surface area contributed by atoms with Crippen molar-refractivity contribution < 1.29 is 19.2 Å². The van der Waals surface area contributed by atoms with Crippen LogP contribution in [-0.2, 0) is 6.54 Å². The summed E-state index contributed by atoms with van der Waals surface area (Å²) in [6, 6.07) is 10.2. The molecule has 0 N–H and O–H groups in total. The van der Waals surface area contributed by atoms with Gasteiger partial charge in [0.05, 0.1) is 16.2 Å². The number of non-ortho nitro benzene ring substituents is 1. The maximum atomic E-state index is 13.5. The zero-order valence-corrected chi connectivity index (χ0v) is 17.9. The molecule has 2 heterocycles. The molecule has 8 nitrogen and oxygen atoms in total. The van der Waals surface area contributed by atoms with Gasteiger partial charge in [0.2, 0.25) is 6.79 Å². The lowest BCUT2D eigenvalue weighted by atomic mass is 9.97. The number of fused-ring (bicyclic) bond motifs is 1. The van der Waals surface area contributed by atoms with E-state index in [2.05, 4.69) is 11.8 Å². The Kier molecular flexibility index (Phi) is 5.97. The molecule has 0 spiro atoms. The van der Waals surface area contributed by atoms with Crippen molar-refractivity contribution in [2.75, 3.05) is 31.3 Å². The molecule has 2 aliphatic rings. The fraction of sp³-hybridized carbons (Fsp3) is 0.435. The molecule has 2 aromatic carbocycles. The number of rotatable bonds is 6. The molecular weight excluding hydrogens is 398 g/mol. The summed E-state index contributed by atoms with van der Waals surface area (Å²) in [6.07, 6.45) is 2.08. The average Bonchev–Trinajstić information content (AvgIpc) is 3.25. The maximum absolute atomic E-state index is 13.5. The summed E-state index contributed by atoms with van der Waals surface area (Å²) in [5.41, 5.74) is 1.99. The predicted octanol–water partition coefficient (Wildman–Crippen LogP) is 4.22. The van der Waals surface area contributed by atoms with Crippen molar-refractivity contribution in [2.45, 2.75) is 33.2 Å². The van der Waals surface area contributed by atoms with Gasteiger partial charge in [-0.25, -0.2) is 0 Å². The smallest absolute Gasteiger partial charge is 0.270 e. The average molecular weight is 425 g/mol. The van der Waals surface area contributed by atoms with Gasteiger partial charge < -0.3 is 19.3 Å². The van der Waals surface area contributed by atoms with Crippen molar-refractivity contribution in [3.05, 3.63) is 57.6 Å². The molecule has 1 saturated heterocycles. The van der Waals surface area contributed by atoms with Gasteiger partial charge in [0, 0.05) is 38.3 Å². The molecule has 0 saturated carbocycles. The van der Waals surface area contributed by atoms with Crippen LogP contribution in [0.1, 0.15) is 42.6 Å². The predicted molar refractivity (Wildman–Crippen MR) is 117 cm³/mol. The van der Waals surface area contributed by atoms with E-state index in [1.54, 1.807) is 11.0 Å². The summed E-state index contributed by atoms with van der Waals surface area (Å²) in [5.74, 6) is 1.79. The first kappa shape index (κ1) is 21.0. The molecule has 2 aromatic rings. The van der Waals surface area contributed by atoms with Crippen molar-refractivity contribution >= 4 is 17.3 Å². The Labute approximate surface area is 181 Å². The van der Waals surface area contributed by atoms with Gasteiger partial charge in [-0.05, 0) is 49.4 Å². The van der Waals surface area contributed by atoms with Crippen LogP contribution >= 0.6 is 0 Å². The normalized spacial score (nSPS) is 15.7. The minimum atomic E-state index is -0.451. The zero-order valence-electron chi connectivity index (χ0n) is 17.9. The van der Waals surface area contributed by atoms with Gasteiger partial charge in [0.1, 0.15) is 0 Å². The molecule has 4 rings (SSSR count). The van der Waals surface area contributed by atoms with Gasteiger partial charge in [0.25, 0.3) is 11.6 Å². The lowest BCUT2D eigenvalue weighted by Gasteiger charge is -2.34. The number of carbonyl (C=O) groups is 1. The summed E-state index contributed by atoms with van der Waals surface area (Å²) in [6.45, 7) is 6.87. The van der Waals surface area contributed by atoms with E-state index < -0.39 is 4.92 Å². The summed E-state index contributed by atoms with van der Waals surface area (Å²) >= 11 is 0. The quantitative estimate of drug-likeness (QED) is 0.509. The maximum Gasteiger partial charge on any atom is 0.270 e. The highest BCUT2D eigenvalue weighted by Crippen LogP contribution is 2.34. The van der Waals surface area contributed by atoms with E-state index >= 15 is 0 Å². The van der Waals surface area contributed by atoms with Gasteiger partial charge in [-0.15, -0.1) is 0 Å². The van der Waals surface area contributed by atoms with E-state index in [4.69, 9.17) is 9.47 Å². The highest BCUT2D eigenvalue weighted by Gasteiger charge is 2.26. The van der Waals surface area contributed by atoms with Crippen molar-refractivity contribution in [1.82, 2.24) is 4.90 Å². The molecular formula is C23H27N3O5. The second-order valence-corrected chi connectivity index (χ2v) is 8.14. The number of hydrogen-bond donors (Lipinski definition) is 0. The van der Waals surface area contributed by atoms with E-state index in [9.17, 15) is 14.9 Å². The molecule has 2 aliphatic heterocycles. The lowest BCUT2D eigenvalue weighted by molar-refractivity contribution is -0.384. The van der Waals surface area contributed by atoms with Crippen molar-refractivity contribution in [1.29, 1.82) is 0 Å². The molecule has 0 bridgehead atoms. The molecule has 164 valence electrons. The fourth-order valence-corrected chi connectivity index (χ4v) is 4.09. The van der Waals surface area contributed by atoms with E-state index in [0.717, 1.165) is 37.2 Å². The van der Waals surface area contributed by atoms with Crippen molar-refractivity contribution in [2.24, 2.45) is 5.92 Å². The van der Waals surface area contributed by atoms with Crippen LogP contribution in [0.25, 0.3) is 0 Å². The third-order valence-corrected chi connectivity index (χ3v) is 6.03. The number of carbonyl (C=O) groups excluding carboxylic acids is 1. The largest absolute Gasteiger partial charge is 0.454 e. The summed E-state index contributed by atoms with van der Waals surface area (Å²) in [4.78, 5) is 28.3. The van der Waals surface area contributed by atoms with Gasteiger partial charge >= 0.3 is 0 Å². The molecule has 0 aromatic heterocycles. The topological polar surface area (TPSA) is 85.1 Å². The first-order valence-electron chi connectivity index (χ1n) is 10.7. The van der Waals surface area contributed by atoms with Crippen molar-refractivity contribution in [3.8, 4) is 11.5 Å². The van der Waals surface area contributed by atoms with Crippen LogP contribution in [0.4, 0.5) is 11.4 Å². The number of anilines is 1. The highest BCUT2D eigenvalue weighted by molar-refractivity contribution is 6.00. The second kappa shape index (κ2) is 8.83. The molecule has 8 heteroatoms. The molecule has 0 radical (unpaired) electrons. The van der Waals surface area contributed by atoms with Gasteiger partial charge in [-0.2, -0.15) is 0 Å². The Morgan fingerprint density at radius 3 is 2.61 bits per heavy atom. The number of nitrogens with zero attached hydrogens (tertiary/aromatic N) is 3. The Morgan fingerprint density at radius 1 is 1.16 bits per heavy atom. The number of piperidine rings is 1. The third-order valence-electron chi connectivity index (χ3n) is 6.03. The number of nitro groups is 1. The second-order valence-electron chi connectivity index (χ2n) is 8.14. The molecule has 1 fully saturated rings. The molecule has 31 heavy (non-hydrogen) atoms. The SMILES string of the molecule is CCN(Cc1ccc2c(c1)OCO2)C(=O)c1cc([N+](=O)[O-])ccc1N1CCC(C)CC1. The van der Waals surface area contributed by atoms with Crippen LogP contribution in [0.15, 0.2) is 36.4 Å². The number of ether oxygens (including phenoxy) is 2. The number of hydrogen-bond acceptors (Lipinski definition) is 6. The van der Waals surface area contributed by atoms with Crippen LogP contribution in [0.2, 0.25) is 0 Å². The van der Waals surface area contributed by atoms with Gasteiger partial charge in [-0.1, -0.05) is 13.0 Å². The fourth-order valence-electron chi connectivity index (χ4n) is 4.09. The molecule has 0 unspecified atom stereocenters. The van der Waals surface area contributed by atoms with E-state index in [-0.39, 0.29) is 18.4 Å². The lowest BCUT2D eigenvalue weighted by Crippen LogP contribution is -2.36. The number of nitro benzene ring substituents is 1. The van der Waals surface area contributed by atoms with Crippen LogP contribution in [0.3, 0.4) is 0 Å². The first-order chi connectivity index (χ1) is 15.0. The van der Waals surface area contributed by atoms with E-state index in [0.29, 0.717) is 36.1 Å². The Hall–Kier alpha value is -3.29. The van der Waals surface area contributed by atoms with Crippen LogP contribution in [0.5, 0.6) is 11.5 Å². The summed E-state index contributed by atoms with van der Waals surface area (Å²) in [5, 5.41) is 11.4. The standard InChI is InChI=1S/C23H27N3O5/c1-3-24(14-17-4-7-21-22(12-17)31-15-30-21)23(27)19-13-18(26(28)29)5-6-20(19)25-10-8-16(2)9-11-25/h4-7,12-13,16H,3,8-11,14-15H2,1-2H3. The van der Waals surface area contributed by atoms with Gasteiger partial charge in [-0.3, -0.25) is 14.9 Å². The van der Waals surface area contributed by atoms with E-state index in [1.165, 1.54) is 12.1 Å².